The van der Waals surface area contributed by atoms with Gasteiger partial charge in [0, 0.05) is 19.9 Å². The number of hydrogen-bond donors (Lipinski definition) is 2. The van der Waals surface area contributed by atoms with Crippen molar-refractivity contribution in [2.24, 2.45) is 5.73 Å². The summed E-state index contributed by atoms with van der Waals surface area (Å²) in [7, 11) is 1.50. The number of rotatable bonds is 27. The average Bonchev–Trinajstić information content (AvgIpc) is 2.92. The molecule has 0 heterocycles. The summed E-state index contributed by atoms with van der Waals surface area (Å²) in [5, 5.41) is 7.40. The molecule has 0 rings (SSSR count). The fraction of sp³-hybridized carbons (Fsp3) is 0.871. The Labute approximate surface area is 243 Å². The van der Waals surface area contributed by atoms with Gasteiger partial charge in [-0.3, -0.25) is 19.8 Å². The second kappa shape index (κ2) is 26.9. The zero-order chi connectivity index (χ0) is 29.8. The van der Waals surface area contributed by atoms with Gasteiger partial charge in [0.1, 0.15) is 19.8 Å². The van der Waals surface area contributed by atoms with Crippen LogP contribution in [0.2, 0.25) is 0 Å². The summed E-state index contributed by atoms with van der Waals surface area (Å²) in [4.78, 5) is 37.9. The van der Waals surface area contributed by atoms with Gasteiger partial charge in [0.2, 0.25) is 0 Å². The fourth-order valence-corrected chi connectivity index (χ4v) is 4.29. The van der Waals surface area contributed by atoms with Crippen LogP contribution in [0, 0.1) is 5.41 Å². The van der Waals surface area contributed by atoms with Gasteiger partial charge >= 0.3 is 17.9 Å². The van der Waals surface area contributed by atoms with E-state index in [9.17, 15) is 14.4 Å². The van der Waals surface area contributed by atoms with Crippen LogP contribution in [-0.4, -0.2) is 61.7 Å². The van der Waals surface area contributed by atoms with Crippen LogP contribution < -0.4 is 5.73 Å². The summed E-state index contributed by atoms with van der Waals surface area (Å²) in [5.74, 6) is -1.63. The minimum Gasteiger partial charge on any atom is -0.462 e. The van der Waals surface area contributed by atoms with E-state index in [2.05, 4.69) is 13.8 Å². The number of nitrogens with zero attached hydrogens (tertiary/aromatic N) is 1. The number of esters is 3. The number of guanidine groups is 1. The Morgan fingerprint density at radius 3 is 1.32 bits per heavy atom. The van der Waals surface area contributed by atoms with Gasteiger partial charge in [-0.15, -0.1) is 0 Å². The monoisotopic (exact) mass is 569 g/mol. The van der Waals surface area contributed by atoms with Gasteiger partial charge in [0.25, 0.3) is 0 Å². The van der Waals surface area contributed by atoms with E-state index >= 15 is 0 Å². The van der Waals surface area contributed by atoms with Crippen molar-refractivity contribution >= 4 is 23.9 Å². The lowest BCUT2D eigenvalue weighted by atomic mass is 10.1. The van der Waals surface area contributed by atoms with Crippen molar-refractivity contribution in [3.05, 3.63) is 0 Å². The number of hydrogen-bond acceptors (Lipinski definition) is 7. The van der Waals surface area contributed by atoms with Crippen LogP contribution in [0.15, 0.2) is 0 Å². The number of nitrogens with two attached hydrogens (primary N) is 1. The second-order valence-corrected chi connectivity index (χ2v) is 10.9. The SMILES string of the molecule is CCCCCCCCCCCC(=O)OCC(COC(=O)CCCCCCCCCCC)OC(=O)CN(C)C(=N)N. The number of carbonyl (C=O) groups excluding carboxylic acids is 3. The maximum Gasteiger partial charge on any atom is 0.326 e. The summed E-state index contributed by atoms with van der Waals surface area (Å²) in [6.45, 7) is 3.83. The van der Waals surface area contributed by atoms with Crippen molar-refractivity contribution in [1.82, 2.24) is 4.90 Å². The van der Waals surface area contributed by atoms with Crippen molar-refractivity contribution in [3.8, 4) is 0 Å². The van der Waals surface area contributed by atoms with Gasteiger partial charge in [-0.2, -0.15) is 0 Å². The quantitative estimate of drug-likeness (QED) is 0.0369. The summed E-state index contributed by atoms with van der Waals surface area (Å²) in [6.07, 6.45) is 20.5. The Morgan fingerprint density at radius 1 is 0.625 bits per heavy atom. The van der Waals surface area contributed by atoms with Gasteiger partial charge in [-0.1, -0.05) is 117 Å². The zero-order valence-electron chi connectivity index (χ0n) is 25.8. The van der Waals surface area contributed by atoms with Gasteiger partial charge in [0.15, 0.2) is 12.1 Å². The Morgan fingerprint density at radius 2 is 0.975 bits per heavy atom. The van der Waals surface area contributed by atoms with Crippen molar-refractivity contribution in [2.75, 3.05) is 26.8 Å². The molecule has 0 aliphatic rings. The van der Waals surface area contributed by atoms with E-state index in [0.29, 0.717) is 12.8 Å². The Hall–Kier alpha value is -2.32. The second-order valence-electron chi connectivity index (χ2n) is 10.9. The van der Waals surface area contributed by atoms with Crippen LogP contribution in [0.3, 0.4) is 0 Å². The van der Waals surface area contributed by atoms with Crippen LogP contribution in [0.25, 0.3) is 0 Å². The van der Waals surface area contributed by atoms with E-state index in [1.54, 1.807) is 0 Å². The molecule has 0 aromatic carbocycles. The molecule has 0 aliphatic carbocycles. The highest BCUT2D eigenvalue weighted by Gasteiger charge is 2.20. The number of ether oxygens (including phenoxy) is 3. The first-order valence-electron chi connectivity index (χ1n) is 15.9. The average molecular weight is 570 g/mol. The first kappa shape index (κ1) is 37.7. The predicted molar refractivity (Wildman–Crippen MR) is 160 cm³/mol. The third kappa shape index (κ3) is 24.7. The van der Waals surface area contributed by atoms with Crippen molar-refractivity contribution in [1.29, 1.82) is 5.41 Å². The molecule has 0 amide bonds. The maximum absolute atomic E-state index is 12.3. The highest BCUT2D eigenvalue weighted by atomic mass is 16.6. The molecule has 0 aliphatic heterocycles. The van der Waals surface area contributed by atoms with E-state index in [1.165, 1.54) is 89.0 Å². The number of nitrogens with one attached hydrogen (secondary N) is 1. The Balaban J connectivity index is 4.33. The Kier molecular flexibility index (Phi) is 25.3. The third-order valence-corrected chi connectivity index (χ3v) is 6.90. The molecule has 0 saturated carbocycles. The van der Waals surface area contributed by atoms with Gasteiger partial charge in [0.05, 0.1) is 0 Å². The minimum absolute atomic E-state index is 0.183. The zero-order valence-corrected chi connectivity index (χ0v) is 25.8. The third-order valence-electron chi connectivity index (χ3n) is 6.90. The summed E-state index contributed by atoms with van der Waals surface area (Å²) in [5.41, 5.74) is 5.38. The predicted octanol–water partition coefficient (Wildman–Crippen LogP) is 6.65. The van der Waals surface area contributed by atoms with Gasteiger partial charge in [-0.05, 0) is 12.8 Å². The van der Waals surface area contributed by atoms with Crippen LogP contribution in [0.4, 0.5) is 0 Å². The molecule has 0 spiro atoms. The largest absolute Gasteiger partial charge is 0.462 e. The maximum atomic E-state index is 12.3. The summed E-state index contributed by atoms with van der Waals surface area (Å²) >= 11 is 0. The summed E-state index contributed by atoms with van der Waals surface area (Å²) in [6, 6.07) is 0. The normalized spacial score (nSPS) is 10.9. The van der Waals surface area contributed by atoms with E-state index in [0.717, 1.165) is 38.5 Å². The highest BCUT2D eigenvalue weighted by Crippen LogP contribution is 2.12. The summed E-state index contributed by atoms with van der Waals surface area (Å²) < 4.78 is 16.0. The molecule has 234 valence electrons. The van der Waals surface area contributed by atoms with E-state index in [1.807, 2.05) is 0 Å². The number of carbonyl (C=O) groups is 3. The molecule has 0 aromatic rings. The molecular formula is C31H59N3O6. The fourth-order valence-electron chi connectivity index (χ4n) is 4.29. The molecule has 9 heteroatoms. The van der Waals surface area contributed by atoms with Crippen molar-refractivity contribution in [3.63, 3.8) is 0 Å². The van der Waals surface area contributed by atoms with E-state index in [-0.39, 0.29) is 37.7 Å². The molecule has 0 unspecified atom stereocenters. The van der Waals surface area contributed by atoms with Crippen LogP contribution >= 0.6 is 0 Å². The molecule has 0 radical (unpaired) electrons. The van der Waals surface area contributed by atoms with Crippen molar-refractivity contribution in [2.45, 2.75) is 148 Å². The van der Waals surface area contributed by atoms with Gasteiger partial charge in [-0.25, -0.2) is 0 Å². The standard InChI is InChI=1S/C31H59N3O6/c1-4-6-8-10-12-14-16-18-20-22-28(35)38-25-27(40-30(37)24-34(3)31(32)33)26-39-29(36)23-21-19-17-15-13-11-9-7-5-2/h27H,4-26H2,1-3H3,(H3,32,33). The van der Waals surface area contributed by atoms with Crippen LogP contribution in [0.5, 0.6) is 0 Å². The molecule has 9 nitrogen and oxygen atoms in total. The molecule has 0 atom stereocenters. The smallest absolute Gasteiger partial charge is 0.326 e. The number of likely N-dealkylation sites (N-methyl/N-ethyl adjacent to an activating group) is 1. The van der Waals surface area contributed by atoms with Crippen molar-refractivity contribution < 1.29 is 28.6 Å². The Bertz CT molecular complexity index is 635. The first-order valence-corrected chi connectivity index (χ1v) is 15.9. The lowest BCUT2D eigenvalue weighted by Gasteiger charge is -2.20. The molecule has 0 aromatic heterocycles. The lowest BCUT2D eigenvalue weighted by molar-refractivity contribution is -0.167. The minimum atomic E-state index is -0.910. The molecule has 0 bridgehead atoms. The molecule has 40 heavy (non-hydrogen) atoms. The molecule has 0 saturated heterocycles. The first-order chi connectivity index (χ1) is 19.3. The van der Waals surface area contributed by atoms with Gasteiger partial charge < -0.3 is 24.8 Å². The number of unbranched alkanes of at least 4 members (excludes halogenated alkanes) is 16. The topological polar surface area (TPSA) is 132 Å². The van der Waals surface area contributed by atoms with E-state index < -0.39 is 12.1 Å². The molecule has 0 fully saturated rings. The molecular weight excluding hydrogens is 510 g/mol. The van der Waals surface area contributed by atoms with Crippen LogP contribution in [-0.2, 0) is 28.6 Å². The van der Waals surface area contributed by atoms with E-state index in [4.69, 9.17) is 25.4 Å². The lowest BCUT2D eigenvalue weighted by Crippen LogP contribution is -2.40. The highest BCUT2D eigenvalue weighted by molar-refractivity contribution is 5.81. The molecule has 3 N–H and O–H groups in total. The van der Waals surface area contributed by atoms with Crippen LogP contribution in [0.1, 0.15) is 142 Å².